The Kier molecular flexibility index (Phi) is 3.89. The summed E-state index contributed by atoms with van der Waals surface area (Å²) < 4.78 is 26.7. The second-order valence-corrected chi connectivity index (χ2v) is 6.74. The predicted octanol–water partition coefficient (Wildman–Crippen LogP) is 0.900. The largest absolute Gasteiger partial charge is 0.385 e. The van der Waals surface area contributed by atoms with Crippen molar-refractivity contribution in [2.24, 2.45) is 0 Å². The van der Waals surface area contributed by atoms with E-state index in [1.165, 1.54) is 6.33 Å². The van der Waals surface area contributed by atoms with Crippen molar-refractivity contribution in [3.63, 3.8) is 0 Å². The van der Waals surface area contributed by atoms with Crippen molar-refractivity contribution in [2.75, 3.05) is 11.9 Å². The molecule has 3 rings (SSSR count). The molecule has 1 aliphatic carbocycles. The Labute approximate surface area is 123 Å². The van der Waals surface area contributed by atoms with Crippen LogP contribution in [0.3, 0.4) is 0 Å². The molecule has 1 aromatic carbocycles. The highest BCUT2D eigenvalue weighted by Crippen LogP contribution is 2.22. The molecule has 0 aliphatic heterocycles. The smallest absolute Gasteiger partial charge is 0.240 e. The van der Waals surface area contributed by atoms with Crippen molar-refractivity contribution >= 4 is 15.7 Å². The quantitative estimate of drug-likeness (QED) is 0.706. The van der Waals surface area contributed by atoms with Crippen LogP contribution >= 0.6 is 0 Å². The van der Waals surface area contributed by atoms with Crippen molar-refractivity contribution in [3.8, 4) is 0 Å². The summed E-state index contributed by atoms with van der Waals surface area (Å²) in [5.74, 6) is 0.815. The number of H-pyrrole nitrogens is 1. The van der Waals surface area contributed by atoms with E-state index in [1.54, 1.807) is 24.3 Å². The van der Waals surface area contributed by atoms with Crippen LogP contribution in [0, 0.1) is 0 Å². The lowest BCUT2D eigenvalue weighted by Crippen LogP contribution is -2.25. The predicted molar refractivity (Wildman–Crippen MR) is 78.4 cm³/mol. The van der Waals surface area contributed by atoms with Crippen LogP contribution in [-0.4, -0.2) is 36.2 Å². The molecular weight excluding hydrogens is 290 g/mol. The third-order valence-electron chi connectivity index (χ3n) is 3.22. The zero-order chi connectivity index (χ0) is 14.7. The maximum absolute atomic E-state index is 12.0. The van der Waals surface area contributed by atoms with E-state index in [9.17, 15) is 8.42 Å². The molecule has 0 bridgehead atoms. The highest BCUT2D eigenvalue weighted by atomic mass is 32.2. The number of aromatic amines is 1. The third-order valence-corrected chi connectivity index (χ3v) is 4.76. The van der Waals surface area contributed by atoms with Gasteiger partial charge in [0, 0.05) is 24.7 Å². The molecule has 0 amide bonds. The highest BCUT2D eigenvalue weighted by Gasteiger charge is 2.27. The summed E-state index contributed by atoms with van der Waals surface area (Å²) in [6.45, 7) is 0.696. The molecule has 7 nitrogen and oxygen atoms in total. The number of nitrogens with zero attached hydrogens (tertiary/aromatic N) is 2. The van der Waals surface area contributed by atoms with E-state index >= 15 is 0 Å². The summed E-state index contributed by atoms with van der Waals surface area (Å²) >= 11 is 0. The lowest BCUT2D eigenvalue weighted by atomic mass is 10.3. The van der Waals surface area contributed by atoms with Gasteiger partial charge in [0.25, 0.3) is 0 Å². The van der Waals surface area contributed by atoms with Gasteiger partial charge in [0.1, 0.15) is 12.2 Å². The third kappa shape index (κ3) is 3.79. The lowest BCUT2D eigenvalue weighted by molar-refractivity contribution is 0.581. The van der Waals surface area contributed by atoms with Gasteiger partial charge in [0.05, 0.1) is 4.90 Å². The number of hydrogen-bond donors (Lipinski definition) is 3. The molecule has 1 aromatic heterocycles. The Morgan fingerprint density at radius 3 is 2.62 bits per heavy atom. The Morgan fingerprint density at radius 2 is 2.00 bits per heavy atom. The van der Waals surface area contributed by atoms with Crippen LogP contribution in [0.15, 0.2) is 35.5 Å². The van der Waals surface area contributed by atoms with Gasteiger partial charge in [0.2, 0.25) is 10.0 Å². The molecule has 112 valence electrons. The van der Waals surface area contributed by atoms with Crippen molar-refractivity contribution in [1.82, 2.24) is 19.9 Å². The van der Waals surface area contributed by atoms with Crippen LogP contribution < -0.4 is 10.0 Å². The minimum atomic E-state index is -3.37. The van der Waals surface area contributed by atoms with Gasteiger partial charge in [-0.2, -0.15) is 5.10 Å². The first kappa shape index (κ1) is 14.0. The van der Waals surface area contributed by atoms with Crippen LogP contribution in [0.5, 0.6) is 0 Å². The molecular formula is C13H17N5O2S. The maximum atomic E-state index is 12.0. The van der Waals surface area contributed by atoms with Crippen molar-refractivity contribution < 1.29 is 8.42 Å². The first-order valence-electron chi connectivity index (χ1n) is 6.84. The minimum absolute atomic E-state index is 0.120. The summed E-state index contributed by atoms with van der Waals surface area (Å²) in [6.07, 6.45) is 4.06. The molecule has 0 unspecified atom stereocenters. The number of benzene rings is 1. The Bertz CT molecular complexity index is 678. The molecule has 0 atom stereocenters. The Balaban J connectivity index is 1.56. The van der Waals surface area contributed by atoms with Crippen LogP contribution in [0.4, 0.5) is 5.69 Å². The van der Waals surface area contributed by atoms with Gasteiger partial charge in [-0.05, 0) is 37.1 Å². The van der Waals surface area contributed by atoms with Gasteiger partial charge in [-0.15, -0.1) is 0 Å². The topological polar surface area (TPSA) is 99.8 Å². The number of anilines is 1. The average Bonchev–Trinajstić information content (AvgIpc) is 3.11. The van der Waals surface area contributed by atoms with E-state index in [2.05, 4.69) is 25.2 Å². The fourth-order valence-corrected chi connectivity index (χ4v) is 3.22. The molecule has 8 heteroatoms. The fraction of sp³-hybridized carbons (Fsp3) is 0.385. The van der Waals surface area contributed by atoms with Gasteiger partial charge in [-0.25, -0.2) is 18.1 Å². The zero-order valence-corrected chi connectivity index (χ0v) is 12.2. The summed E-state index contributed by atoms with van der Waals surface area (Å²) in [6, 6.07) is 6.88. The van der Waals surface area contributed by atoms with Crippen LogP contribution in [0.1, 0.15) is 18.7 Å². The number of sulfonamides is 1. The van der Waals surface area contributed by atoms with Crippen molar-refractivity contribution in [3.05, 3.63) is 36.4 Å². The second-order valence-electron chi connectivity index (χ2n) is 5.03. The van der Waals surface area contributed by atoms with E-state index in [4.69, 9.17) is 0 Å². The van der Waals surface area contributed by atoms with E-state index in [0.29, 0.717) is 11.4 Å². The van der Waals surface area contributed by atoms with E-state index < -0.39 is 10.0 Å². The average molecular weight is 307 g/mol. The van der Waals surface area contributed by atoms with E-state index in [-0.39, 0.29) is 6.04 Å². The first-order chi connectivity index (χ1) is 10.1. The number of hydrogen-bond acceptors (Lipinski definition) is 5. The summed E-state index contributed by atoms with van der Waals surface area (Å²) in [5.41, 5.74) is 0.875. The fourth-order valence-electron chi connectivity index (χ4n) is 1.92. The summed E-state index contributed by atoms with van der Waals surface area (Å²) in [4.78, 5) is 4.33. The van der Waals surface area contributed by atoms with Gasteiger partial charge >= 0.3 is 0 Å². The second kappa shape index (κ2) is 5.82. The van der Waals surface area contributed by atoms with Gasteiger partial charge in [-0.1, -0.05) is 0 Å². The number of rotatable bonds is 7. The molecule has 3 N–H and O–H groups in total. The molecule has 1 saturated carbocycles. The zero-order valence-electron chi connectivity index (χ0n) is 11.4. The normalized spacial score (nSPS) is 15.0. The molecule has 0 radical (unpaired) electrons. The number of nitrogens with one attached hydrogen (secondary N) is 3. The monoisotopic (exact) mass is 307 g/mol. The molecule has 0 spiro atoms. The Morgan fingerprint density at radius 1 is 1.24 bits per heavy atom. The van der Waals surface area contributed by atoms with Crippen LogP contribution in [-0.2, 0) is 16.4 Å². The highest BCUT2D eigenvalue weighted by molar-refractivity contribution is 7.89. The van der Waals surface area contributed by atoms with Gasteiger partial charge in [-0.3, -0.25) is 5.10 Å². The first-order valence-corrected chi connectivity index (χ1v) is 8.32. The van der Waals surface area contributed by atoms with Gasteiger partial charge < -0.3 is 5.32 Å². The van der Waals surface area contributed by atoms with Crippen LogP contribution in [0.25, 0.3) is 0 Å². The maximum Gasteiger partial charge on any atom is 0.240 e. The molecule has 1 heterocycles. The summed E-state index contributed by atoms with van der Waals surface area (Å²) in [7, 11) is -3.37. The van der Waals surface area contributed by atoms with E-state index in [1.807, 2.05) is 0 Å². The van der Waals surface area contributed by atoms with Gasteiger partial charge in [0.15, 0.2) is 0 Å². The lowest BCUT2D eigenvalue weighted by Gasteiger charge is -2.08. The number of aromatic nitrogens is 3. The van der Waals surface area contributed by atoms with Crippen molar-refractivity contribution in [1.29, 1.82) is 0 Å². The molecule has 0 saturated heterocycles. The SMILES string of the molecule is O=S(=O)(NC1CC1)c1ccc(NCCc2ncn[nH]2)cc1. The summed E-state index contributed by atoms with van der Waals surface area (Å²) in [5, 5.41) is 9.78. The molecule has 2 aromatic rings. The van der Waals surface area contributed by atoms with E-state index in [0.717, 1.165) is 30.8 Å². The van der Waals surface area contributed by atoms with Crippen molar-refractivity contribution in [2.45, 2.75) is 30.2 Å². The minimum Gasteiger partial charge on any atom is -0.385 e. The molecule has 21 heavy (non-hydrogen) atoms. The molecule has 1 aliphatic rings. The standard InChI is InChI=1S/C13H17N5O2S/c19-21(20,18-11-1-2-11)12-5-3-10(4-6-12)14-8-7-13-15-9-16-17-13/h3-6,9,11,14,18H,1-2,7-8H2,(H,15,16,17). The molecule has 1 fully saturated rings. The van der Waals surface area contributed by atoms with Crippen LogP contribution in [0.2, 0.25) is 0 Å². The Hall–Kier alpha value is -1.93.